The number of aromatic nitrogens is 1. The van der Waals surface area contributed by atoms with Gasteiger partial charge in [-0.1, -0.05) is 12.1 Å². The number of thiazole rings is 1. The monoisotopic (exact) mass is 290 g/mol. The summed E-state index contributed by atoms with van der Waals surface area (Å²) in [5.41, 5.74) is 3.52. The van der Waals surface area contributed by atoms with Gasteiger partial charge in [-0.2, -0.15) is 11.8 Å². The lowest BCUT2D eigenvalue weighted by Crippen LogP contribution is -2.24. The summed E-state index contributed by atoms with van der Waals surface area (Å²) in [5.74, 6) is 2.57. The molecule has 4 heteroatoms. The first-order valence-electron chi connectivity index (χ1n) is 6.68. The van der Waals surface area contributed by atoms with Crippen LogP contribution in [0.1, 0.15) is 17.8 Å². The summed E-state index contributed by atoms with van der Waals surface area (Å²) in [6.45, 7) is 2.05. The SMILES string of the molecule is Cc1nc(-c2ccc(NC3CCSCC3)cc2)cs1. The molecule has 0 amide bonds. The molecule has 2 heterocycles. The van der Waals surface area contributed by atoms with Gasteiger partial charge in [-0.15, -0.1) is 11.3 Å². The number of thioether (sulfide) groups is 1. The number of hydrogen-bond donors (Lipinski definition) is 1. The van der Waals surface area contributed by atoms with Crippen molar-refractivity contribution in [1.29, 1.82) is 0 Å². The molecule has 1 aromatic heterocycles. The lowest BCUT2D eigenvalue weighted by atomic mass is 10.1. The lowest BCUT2D eigenvalue weighted by molar-refractivity contribution is 0.667. The van der Waals surface area contributed by atoms with E-state index in [0.29, 0.717) is 6.04 Å². The van der Waals surface area contributed by atoms with Crippen LogP contribution >= 0.6 is 23.1 Å². The fourth-order valence-corrected chi connectivity index (χ4v) is 4.04. The van der Waals surface area contributed by atoms with Crippen LogP contribution in [0.4, 0.5) is 5.69 Å². The first-order chi connectivity index (χ1) is 9.31. The van der Waals surface area contributed by atoms with E-state index in [0.717, 1.165) is 10.7 Å². The Balaban J connectivity index is 1.68. The van der Waals surface area contributed by atoms with E-state index in [1.165, 1.54) is 35.6 Å². The van der Waals surface area contributed by atoms with Crippen molar-refractivity contribution >= 4 is 28.8 Å². The van der Waals surface area contributed by atoms with Crippen molar-refractivity contribution in [2.45, 2.75) is 25.8 Å². The normalized spacial score (nSPS) is 16.5. The van der Waals surface area contributed by atoms with Crippen molar-refractivity contribution in [3.63, 3.8) is 0 Å². The fraction of sp³-hybridized carbons (Fsp3) is 0.400. The minimum atomic E-state index is 0.647. The van der Waals surface area contributed by atoms with Gasteiger partial charge in [0.2, 0.25) is 0 Å². The third kappa shape index (κ3) is 3.31. The highest BCUT2D eigenvalue weighted by atomic mass is 32.2. The molecule has 19 heavy (non-hydrogen) atoms. The second kappa shape index (κ2) is 5.97. The second-order valence-corrected chi connectivity index (χ2v) is 7.15. The minimum absolute atomic E-state index is 0.647. The third-order valence-electron chi connectivity index (χ3n) is 3.39. The molecular weight excluding hydrogens is 272 g/mol. The Morgan fingerprint density at radius 3 is 2.53 bits per heavy atom. The molecule has 0 radical (unpaired) electrons. The number of hydrogen-bond acceptors (Lipinski definition) is 4. The zero-order valence-electron chi connectivity index (χ0n) is 11.1. The molecule has 0 bridgehead atoms. The average Bonchev–Trinajstić information content (AvgIpc) is 2.87. The van der Waals surface area contributed by atoms with Crippen LogP contribution in [0.3, 0.4) is 0 Å². The fourth-order valence-electron chi connectivity index (χ4n) is 2.31. The summed E-state index contributed by atoms with van der Waals surface area (Å²) < 4.78 is 0. The van der Waals surface area contributed by atoms with Crippen LogP contribution in [0.2, 0.25) is 0 Å². The standard InChI is InChI=1S/C15H18N2S2/c1-11-16-15(10-19-11)12-2-4-13(5-3-12)17-14-6-8-18-9-7-14/h2-5,10,14,17H,6-9H2,1H3. The summed E-state index contributed by atoms with van der Waals surface area (Å²) >= 11 is 3.77. The Morgan fingerprint density at radius 2 is 1.89 bits per heavy atom. The Labute approximate surface area is 122 Å². The van der Waals surface area contributed by atoms with Gasteiger partial charge in [0, 0.05) is 22.7 Å². The summed E-state index contributed by atoms with van der Waals surface area (Å²) in [5, 5.41) is 6.88. The van der Waals surface area contributed by atoms with Crippen LogP contribution in [-0.2, 0) is 0 Å². The maximum atomic E-state index is 4.52. The van der Waals surface area contributed by atoms with Gasteiger partial charge < -0.3 is 5.32 Å². The van der Waals surface area contributed by atoms with E-state index in [-0.39, 0.29) is 0 Å². The van der Waals surface area contributed by atoms with Crippen LogP contribution in [0, 0.1) is 6.92 Å². The van der Waals surface area contributed by atoms with Gasteiger partial charge in [0.1, 0.15) is 0 Å². The molecule has 1 N–H and O–H groups in total. The third-order valence-corrected chi connectivity index (χ3v) is 5.21. The molecule has 1 aromatic carbocycles. The summed E-state index contributed by atoms with van der Waals surface area (Å²) in [4.78, 5) is 4.52. The van der Waals surface area contributed by atoms with Crippen molar-refractivity contribution in [2.75, 3.05) is 16.8 Å². The smallest absolute Gasteiger partial charge is 0.0901 e. The largest absolute Gasteiger partial charge is 0.382 e. The molecule has 1 aliphatic heterocycles. The Morgan fingerprint density at radius 1 is 1.16 bits per heavy atom. The zero-order valence-corrected chi connectivity index (χ0v) is 12.7. The first-order valence-corrected chi connectivity index (χ1v) is 8.71. The molecule has 1 fully saturated rings. The van der Waals surface area contributed by atoms with Gasteiger partial charge in [0.25, 0.3) is 0 Å². The molecule has 0 spiro atoms. The van der Waals surface area contributed by atoms with Crippen LogP contribution in [0.5, 0.6) is 0 Å². The van der Waals surface area contributed by atoms with Crippen molar-refractivity contribution in [3.05, 3.63) is 34.7 Å². The van der Waals surface area contributed by atoms with E-state index in [2.05, 4.69) is 51.7 Å². The van der Waals surface area contributed by atoms with E-state index < -0.39 is 0 Å². The summed E-state index contributed by atoms with van der Waals surface area (Å²) in [6.07, 6.45) is 2.55. The predicted octanol–water partition coefficient (Wildman–Crippen LogP) is 4.43. The van der Waals surface area contributed by atoms with E-state index in [1.807, 2.05) is 6.92 Å². The summed E-state index contributed by atoms with van der Waals surface area (Å²) in [6, 6.07) is 9.31. The molecule has 1 aliphatic rings. The molecule has 2 nitrogen and oxygen atoms in total. The predicted molar refractivity (Wildman–Crippen MR) is 86.3 cm³/mol. The number of nitrogens with zero attached hydrogens (tertiary/aromatic N) is 1. The Hall–Kier alpha value is -1.00. The van der Waals surface area contributed by atoms with Crippen LogP contribution < -0.4 is 5.32 Å². The van der Waals surface area contributed by atoms with Crippen LogP contribution in [0.15, 0.2) is 29.6 Å². The maximum Gasteiger partial charge on any atom is 0.0901 e. The van der Waals surface area contributed by atoms with Crippen LogP contribution in [0.25, 0.3) is 11.3 Å². The first kappa shape index (κ1) is 13.0. The molecule has 2 aromatic rings. The number of benzene rings is 1. The van der Waals surface area contributed by atoms with Gasteiger partial charge in [-0.3, -0.25) is 0 Å². The molecule has 3 rings (SSSR count). The van der Waals surface area contributed by atoms with Crippen molar-refractivity contribution < 1.29 is 0 Å². The molecule has 0 aliphatic carbocycles. The number of nitrogens with one attached hydrogen (secondary N) is 1. The zero-order chi connectivity index (χ0) is 13.1. The topological polar surface area (TPSA) is 24.9 Å². The molecule has 0 saturated carbocycles. The van der Waals surface area contributed by atoms with E-state index in [9.17, 15) is 0 Å². The highest BCUT2D eigenvalue weighted by molar-refractivity contribution is 7.99. The lowest BCUT2D eigenvalue weighted by Gasteiger charge is -2.23. The molecule has 1 saturated heterocycles. The van der Waals surface area contributed by atoms with Crippen molar-refractivity contribution in [2.24, 2.45) is 0 Å². The van der Waals surface area contributed by atoms with Gasteiger partial charge in [-0.25, -0.2) is 4.98 Å². The second-order valence-electron chi connectivity index (χ2n) is 4.86. The van der Waals surface area contributed by atoms with E-state index >= 15 is 0 Å². The minimum Gasteiger partial charge on any atom is -0.382 e. The number of aryl methyl sites for hydroxylation is 1. The highest BCUT2D eigenvalue weighted by Crippen LogP contribution is 2.25. The Bertz CT molecular complexity index is 527. The molecule has 0 unspecified atom stereocenters. The molecule has 100 valence electrons. The van der Waals surface area contributed by atoms with Gasteiger partial charge in [0.05, 0.1) is 10.7 Å². The average molecular weight is 290 g/mol. The van der Waals surface area contributed by atoms with Crippen molar-refractivity contribution in [3.8, 4) is 11.3 Å². The van der Waals surface area contributed by atoms with Gasteiger partial charge >= 0.3 is 0 Å². The highest BCUT2D eigenvalue weighted by Gasteiger charge is 2.13. The molecular formula is C15H18N2S2. The van der Waals surface area contributed by atoms with Crippen molar-refractivity contribution in [1.82, 2.24) is 4.98 Å². The Kier molecular flexibility index (Phi) is 4.09. The van der Waals surface area contributed by atoms with E-state index in [1.54, 1.807) is 11.3 Å². The maximum absolute atomic E-state index is 4.52. The van der Waals surface area contributed by atoms with Crippen LogP contribution in [-0.4, -0.2) is 22.5 Å². The summed E-state index contributed by atoms with van der Waals surface area (Å²) in [7, 11) is 0. The quantitative estimate of drug-likeness (QED) is 0.905. The van der Waals surface area contributed by atoms with Gasteiger partial charge in [0.15, 0.2) is 0 Å². The number of anilines is 1. The molecule has 0 atom stereocenters. The van der Waals surface area contributed by atoms with E-state index in [4.69, 9.17) is 0 Å². The van der Waals surface area contributed by atoms with Gasteiger partial charge in [-0.05, 0) is 43.4 Å². The number of rotatable bonds is 3.